The molecule has 0 radical (unpaired) electrons. The summed E-state index contributed by atoms with van der Waals surface area (Å²) in [6, 6.07) is 0. The van der Waals surface area contributed by atoms with Crippen LogP contribution in [0.25, 0.3) is 0 Å². The number of esters is 2. The van der Waals surface area contributed by atoms with E-state index in [-0.39, 0.29) is 30.8 Å². The lowest BCUT2D eigenvalue weighted by Crippen LogP contribution is -2.57. The van der Waals surface area contributed by atoms with Gasteiger partial charge >= 0.3 is 11.9 Å². The number of carbonyl (C=O) groups is 2. The molecule has 1 saturated carbocycles. The first-order chi connectivity index (χ1) is 13.3. The van der Waals surface area contributed by atoms with E-state index in [2.05, 4.69) is 13.5 Å². The van der Waals surface area contributed by atoms with Crippen molar-refractivity contribution in [3.05, 3.63) is 12.7 Å². The molecule has 28 heavy (non-hydrogen) atoms. The molecule has 0 aromatic carbocycles. The van der Waals surface area contributed by atoms with Crippen molar-refractivity contribution in [1.29, 1.82) is 0 Å². The Bertz CT molecular complexity index is 583. The minimum absolute atomic E-state index is 0.0750. The van der Waals surface area contributed by atoms with Gasteiger partial charge < -0.3 is 23.7 Å². The molecule has 7 heteroatoms. The van der Waals surface area contributed by atoms with Gasteiger partial charge in [-0.15, -0.1) is 6.58 Å². The molecule has 3 aliphatic rings. The molecule has 0 bridgehead atoms. The number of rotatable bonds is 6. The average Bonchev–Trinajstić information content (AvgIpc) is 3.00. The Hall–Kier alpha value is -1.44. The topological polar surface area (TPSA) is 80.3 Å². The normalized spacial score (nSPS) is 35.0. The fourth-order valence-electron chi connectivity index (χ4n) is 4.60. The second-order valence-electron chi connectivity index (χ2n) is 8.11. The molecule has 2 heterocycles. The predicted octanol–water partition coefficient (Wildman–Crippen LogP) is 2.91. The molecule has 1 spiro atoms. The van der Waals surface area contributed by atoms with Crippen molar-refractivity contribution in [2.75, 3.05) is 6.61 Å². The smallest absolute Gasteiger partial charge is 0.303 e. The zero-order chi connectivity index (χ0) is 20.3. The van der Waals surface area contributed by atoms with Gasteiger partial charge in [0.05, 0.1) is 12.2 Å². The van der Waals surface area contributed by atoms with Gasteiger partial charge in [-0.3, -0.25) is 9.59 Å². The maximum atomic E-state index is 11.7. The molecule has 2 aliphatic heterocycles. The molecular weight excluding hydrogens is 364 g/mol. The minimum atomic E-state index is -0.754. The van der Waals surface area contributed by atoms with E-state index in [9.17, 15) is 9.59 Å². The van der Waals surface area contributed by atoms with Crippen LogP contribution >= 0.6 is 0 Å². The first-order valence-electron chi connectivity index (χ1n) is 10.3. The van der Waals surface area contributed by atoms with Crippen molar-refractivity contribution in [2.24, 2.45) is 5.92 Å². The summed E-state index contributed by atoms with van der Waals surface area (Å²) in [6.45, 7) is 8.51. The Balaban J connectivity index is 1.86. The number of fused-ring (bicyclic) bond motifs is 1. The van der Waals surface area contributed by atoms with E-state index in [1.807, 2.05) is 6.08 Å². The lowest BCUT2D eigenvalue weighted by molar-refractivity contribution is -0.218. The molecule has 0 aromatic rings. The summed E-state index contributed by atoms with van der Waals surface area (Å²) < 4.78 is 30.0. The van der Waals surface area contributed by atoms with Crippen molar-refractivity contribution in [3.63, 3.8) is 0 Å². The zero-order valence-electron chi connectivity index (χ0n) is 17.1. The highest BCUT2D eigenvalue weighted by molar-refractivity contribution is 5.67. The van der Waals surface area contributed by atoms with Crippen LogP contribution in [0.15, 0.2) is 12.7 Å². The van der Waals surface area contributed by atoms with Crippen LogP contribution in [0.3, 0.4) is 0 Å². The van der Waals surface area contributed by atoms with Gasteiger partial charge in [0.1, 0.15) is 18.8 Å². The standard InChI is InChI=1S/C21H32O7/c1-5-9-16-13(2)18-20(28-21(27-18)10-7-6-8-11-21)19(26-16)17(25-15(4)23)12-24-14(3)22/h5,13,16-20H,1,6-12H2,2-4H3/t13-,16-,17+,18-,19-,20-/m0/s1. The number of carbonyl (C=O) groups excluding carboxylic acids is 2. The lowest BCUT2D eigenvalue weighted by Gasteiger charge is -2.43. The van der Waals surface area contributed by atoms with E-state index in [1.54, 1.807) is 0 Å². The Morgan fingerprint density at radius 1 is 1.14 bits per heavy atom. The van der Waals surface area contributed by atoms with Crippen molar-refractivity contribution < 1.29 is 33.3 Å². The quantitative estimate of drug-likeness (QED) is 0.504. The molecule has 3 fully saturated rings. The van der Waals surface area contributed by atoms with Crippen LogP contribution in [0, 0.1) is 5.92 Å². The molecule has 0 unspecified atom stereocenters. The fourth-order valence-corrected chi connectivity index (χ4v) is 4.60. The second kappa shape index (κ2) is 8.93. The van der Waals surface area contributed by atoms with E-state index in [4.69, 9.17) is 23.7 Å². The Labute approximate surface area is 166 Å². The summed E-state index contributed by atoms with van der Waals surface area (Å²) in [7, 11) is 0. The number of hydrogen-bond acceptors (Lipinski definition) is 7. The van der Waals surface area contributed by atoms with Crippen molar-refractivity contribution >= 4 is 11.9 Å². The third-order valence-electron chi connectivity index (χ3n) is 5.93. The molecule has 0 aromatic heterocycles. The van der Waals surface area contributed by atoms with Gasteiger partial charge in [0.2, 0.25) is 0 Å². The van der Waals surface area contributed by atoms with Crippen molar-refractivity contribution in [3.8, 4) is 0 Å². The van der Waals surface area contributed by atoms with Crippen LogP contribution in [0.4, 0.5) is 0 Å². The summed E-state index contributed by atoms with van der Waals surface area (Å²) in [4.78, 5) is 23.0. The predicted molar refractivity (Wildman–Crippen MR) is 100 cm³/mol. The van der Waals surface area contributed by atoms with Gasteiger partial charge in [0, 0.05) is 32.6 Å². The summed E-state index contributed by atoms with van der Waals surface area (Å²) in [6.07, 6.45) is 5.48. The van der Waals surface area contributed by atoms with Gasteiger partial charge in [-0.2, -0.15) is 0 Å². The van der Waals surface area contributed by atoms with Crippen LogP contribution in [-0.2, 0) is 33.3 Å². The largest absolute Gasteiger partial charge is 0.462 e. The monoisotopic (exact) mass is 396 g/mol. The van der Waals surface area contributed by atoms with E-state index < -0.39 is 29.9 Å². The van der Waals surface area contributed by atoms with Crippen molar-refractivity contribution in [1.82, 2.24) is 0 Å². The van der Waals surface area contributed by atoms with Crippen LogP contribution in [0.5, 0.6) is 0 Å². The van der Waals surface area contributed by atoms with Crippen LogP contribution in [-0.4, -0.2) is 54.9 Å². The molecule has 0 amide bonds. The third kappa shape index (κ3) is 4.58. The summed E-state index contributed by atoms with van der Waals surface area (Å²) in [5, 5.41) is 0. The maximum Gasteiger partial charge on any atom is 0.303 e. The molecule has 1 aliphatic carbocycles. The van der Waals surface area contributed by atoms with Crippen LogP contribution < -0.4 is 0 Å². The SMILES string of the molecule is C=CC[C@@H]1O[C@@H]([C@@H](COC(C)=O)OC(C)=O)[C@H]2OC3(CCCCC3)O[C@H]2[C@H]1C. The van der Waals surface area contributed by atoms with E-state index in [0.717, 1.165) is 25.7 Å². The molecule has 0 N–H and O–H groups in total. The molecule has 3 rings (SSSR count). The Morgan fingerprint density at radius 3 is 2.43 bits per heavy atom. The van der Waals surface area contributed by atoms with Crippen molar-refractivity contribution in [2.45, 2.75) is 95.6 Å². The average molecular weight is 396 g/mol. The maximum absolute atomic E-state index is 11.7. The van der Waals surface area contributed by atoms with E-state index in [1.165, 1.54) is 20.3 Å². The zero-order valence-corrected chi connectivity index (χ0v) is 17.1. The van der Waals surface area contributed by atoms with Gasteiger partial charge in [0.15, 0.2) is 11.9 Å². The highest BCUT2D eigenvalue weighted by Gasteiger charge is 2.58. The van der Waals surface area contributed by atoms with Crippen LogP contribution in [0.1, 0.15) is 59.3 Å². The highest BCUT2D eigenvalue weighted by Crippen LogP contribution is 2.47. The van der Waals surface area contributed by atoms with Crippen LogP contribution in [0.2, 0.25) is 0 Å². The van der Waals surface area contributed by atoms with E-state index >= 15 is 0 Å². The molecule has 158 valence electrons. The summed E-state index contributed by atoms with van der Waals surface area (Å²) in [5.41, 5.74) is 0. The second-order valence-corrected chi connectivity index (χ2v) is 8.11. The Morgan fingerprint density at radius 2 is 1.82 bits per heavy atom. The molecule has 6 atom stereocenters. The van der Waals surface area contributed by atoms with Gasteiger partial charge in [0.25, 0.3) is 0 Å². The molecule has 7 nitrogen and oxygen atoms in total. The minimum Gasteiger partial charge on any atom is -0.462 e. The molecule has 2 saturated heterocycles. The molecular formula is C21H32O7. The van der Waals surface area contributed by atoms with Gasteiger partial charge in [-0.1, -0.05) is 19.4 Å². The summed E-state index contributed by atoms with van der Waals surface area (Å²) >= 11 is 0. The Kier molecular flexibility index (Phi) is 6.78. The summed E-state index contributed by atoms with van der Waals surface area (Å²) in [5.74, 6) is -1.38. The van der Waals surface area contributed by atoms with Gasteiger partial charge in [-0.25, -0.2) is 0 Å². The fraction of sp³-hybridized carbons (Fsp3) is 0.810. The van der Waals surface area contributed by atoms with E-state index in [0.29, 0.717) is 6.42 Å². The first-order valence-corrected chi connectivity index (χ1v) is 10.3. The highest BCUT2D eigenvalue weighted by atomic mass is 16.8. The number of hydrogen-bond donors (Lipinski definition) is 0. The number of ether oxygens (including phenoxy) is 5. The van der Waals surface area contributed by atoms with Gasteiger partial charge in [-0.05, 0) is 19.3 Å². The third-order valence-corrected chi connectivity index (χ3v) is 5.93. The lowest BCUT2D eigenvalue weighted by atomic mass is 9.85. The first kappa shape index (κ1) is 21.3.